The van der Waals surface area contributed by atoms with E-state index in [0.29, 0.717) is 37.1 Å². The Hall–Kier alpha value is -5.07. The number of nitro groups is 1. The Morgan fingerprint density at radius 3 is 2.30 bits per heavy atom. The van der Waals surface area contributed by atoms with Crippen molar-refractivity contribution in [1.29, 1.82) is 0 Å². The molecule has 1 saturated heterocycles. The number of amidine groups is 1. The minimum atomic E-state index is -0.451. The molecule has 10 nitrogen and oxygen atoms in total. The molecule has 0 bridgehead atoms. The molecular weight excluding hydrogens is 583 g/mol. The third-order valence-electron chi connectivity index (χ3n) is 6.48. The summed E-state index contributed by atoms with van der Waals surface area (Å²) in [5, 5.41) is 24.8. The predicted molar refractivity (Wildman–Crippen MR) is 169 cm³/mol. The molecule has 2 heterocycles. The molecule has 0 atom stereocenters. The van der Waals surface area contributed by atoms with Crippen LogP contribution in [-0.4, -0.2) is 36.2 Å². The average Bonchev–Trinajstić information content (AvgIpc) is 3.59. The topological polar surface area (TPSA) is 119 Å². The Kier molecular flexibility index (Phi) is 7.86. The molecular formula is C31H23N7O3S2. The molecule has 0 spiro atoms. The smallest absolute Gasteiger partial charge is 0.268 e. The van der Waals surface area contributed by atoms with E-state index in [1.165, 1.54) is 22.5 Å². The van der Waals surface area contributed by atoms with Crippen molar-refractivity contribution < 1.29 is 9.72 Å². The highest BCUT2D eigenvalue weighted by Crippen LogP contribution is 2.39. The first-order valence-corrected chi connectivity index (χ1v) is 14.8. The quantitative estimate of drug-likeness (QED) is 0.109. The van der Waals surface area contributed by atoms with E-state index in [9.17, 15) is 14.9 Å². The third kappa shape index (κ3) is 6.10. The van der Waals surface area contributed by atoms with Gasteiger partial charge in [0.1, 0.15) is 0 Å². The maximum absolute atomic E-state index is 13.7. The normalized spacial score (nSPS) is 15.0. The zero-order valence-electron chi connectivity index (χ0n) is 23.0. The van der Waals surface area contributed by atoms with Crippen molar-refractivity contribution in [3.8, 4) is 5.69 Å². The third-order valence-corrected chi connectivity index (χ3v) is 8.45. The fourth-order valence-electron chi connectivity index (χ4n) is 4.28. The number of aromatic nitrogens is 4. The number of anilines is 1. The first-order valence-electron chi connectivity index (χ1n) is 13.1. The summed E-state index contributed by atoms with van der Waals surface area (Å²) in [4.78, 5) is 32.5. The molecule has 12 heteroatoms. The second-order valence-electron chi connectivity index (χ2n) is 9.61. The summed E-state index contributed by atoms with van der Waals surface area (Å²) in [7, 11) is 0. The number of hydrogen-bond acceptors (Lipinski definition) is 9. The number of tetrazole rings is 1. The molecule has 1 aliphatic rings. The monoisotopic (exact) mass is 605 g/mol. The number of thioether (sulfide) groups is 1. The Bertz CT molecular complexity index is 1890. The molecule has 1 fully saturated rings. The number of rotatable bonds is 7. The highest BCUT2D eigenvalue weighted by molar-refractivity contribution is 8.19. The van der Waals surface area contributed by atoms with Crippen molar-refractivity contribution in [2.45, 2.75) is 23.9 Å². The Balaban J connectivity index is 1.34. The lowest BCUT2D eigenvalue weighted by molar-refractivity contribution is -0.387. The highest BCUT2D eigenvalue weighted by atomic mass is 32.2. The Morgan fingerprint density at radius 1 is 0.907 bits per heavy atom. The van der Waals surface area contributed by atoms with Crippen LogP contribution in [0.2, 0.25) is 0 Å². The summed E-state index contributed by atoms with van der Waals surface area (Å²) in [6.45, 7) is 3.98. The van der Waals surface area contributed by atoms with Gasteiger partial charge in [-0.05, 0) is 102 Å². The number of aryl methyl sites for hydroxylation is 2. The molecule has 0 N–H and O–H groups in total. The van der Waals surface area contributed by atoms with E-state index in [1.807, 2.05) is 92.7 Å². The molecule has 43 heavy (non-hydrogen) atoms. The summed E-state index contributed by atoms with van der Waals surface area (Å²) in [6, 6.07) is 29.5. The fraction of sp³-hybridized carbons (Fsp3) is 0.0645. The molecule has 0 radical (unpaired) electrons. The standard InChI is InChI=1S/C31H23N7O3S2/c1-20-8-13-23(14-9-20)32-30-36(24-15-10-21(2)11-16-24)29(39)28(43-30)19-22-12-17-27(26(18-22)38(40)41)42-31-33-34-35-37(31)25-6-4-3-5-7-25/h3-19H,1-2H3/b28-19-,32-30?. The van der Waals surface area contributed by atoms with Crippen LogP contribution in [0.4, 0.5) is 17.1 Å². The van der Waals surface area contributed by atoms with Crippen LogP contribution >= 0.6 is 23.5 Å². The second kappa shape index (κ2) is 12.0. The van der Waals surface area contributed by atoms with Gasteiger partial charge < -0.3 is 0 Å². The second-order valence-corrected chi connectivity index (χ2v) is 11.6. The van der Waals surface area contributed by atoms with Gasteiger partial charge in [-0.15, -0.1) is 5.10 Å². The lowest BCUT2D eigenvalue weighted by atomic mass is 10.1. The first kappa shape index (κ1) is 28.1. The molecule has 212 valence electrons. The van der Waals surface area contributed by atoms with E-state index >= 15 is 0 Å². The van der Waals surface area contributed by atoms with E-state index in [0.717, 1.165) is 28.6 Å². The Morgan fingerprint density at radius 2 is 1.60 bits per heavy atom. The van der Waals surface area contributed by atoms with Crippen LogP contribution in [0.15, 0.2) is 117 Å². The van der Waals surface area contributed by atoms with E-state index in [-0.39, 0.29) is 11.6 Å². The Labute approximate surface area is 255 Å². The van der Waals surface area contributed by atoms with Gasteiger partial charge in [-0.25, -0.2) is 4.99 Å². The van der Waals surface area contributed by atoms with Crippen LogP contribution in [0, 0.1) is 24.0 Å². The van der Waals surface area contributed by atoms with Crippen LogP contribution in [-0.2, 0) is 4.79 Å². The van der Waals surface area contributed by atoms with Crippen LogP contribution < -0.4 is 4.90 Å². The van der Waals surface area contributed by atoms with E-state index in [2.05, 4.69) is 15.5 Å². The zero-order valence-corrected chi connectivity index (χ0v) is 24.6. The number of para-hydroxylation sites is 1. The van der Waals surface area contributed by atoms with Crippen LogP contribution in [0.25, 0.3) is 11.8 Å². The van der Waals surface area contributed by atoms with Gasteiger partial charge in [0.2, 0.25) is 5.16 Å². The van der Waals surface area contributed by atoms with Gasteiger partial charge in [0.25, 0.3) is 11.6 Å². The van der Waals surface area contributed by atoms with Crippen molar-refractivity contribution in [2.75, 3.05) is 4.90 Å². The number of nitro benzene ring substituents is 1. The molecule has 6 rings (SSSR count). The minimum absolute atomic E-state index is 0.124. The number of aliphatic imine (C=N–C) groups is 1. The van der Waals surface area contributed by atoms with E-state index in [1.54, 1.807) is 23.1 Å². The van der Waals surface area contributed by atoms with Crippen molar-refractivity contribution in [3.63, 3.8) is 0 Å². The molecule has 0 unspecified atom stereocenters. The largest absolute Gasteiger partial charge is 0.283 e. The number of nitrogens with zero attached hydrogens (tertiary/aromatic N) is 7. The summed E-state index contributed by atoms with van der Waals surface area (Å²) < 4.78 is 1.52. The molecule has 0 saturated carbocycles. The molecule has 5 aromatic rings. The van der Waals surface area contributed by atoms with Gasteiger partial charge in [-0.2, -0.15) is 4.68 Å². The minimum Gasteiger partial charge on any atom is -0.268 e. The highest BCUT2D eigenvalue weighted by Gasteiger charge is 2.35. The molecule has 1 aliphatic heterocycles. The maximum atomic E-state index is 13.7. The summed E-state index contributed by atoms with van der Waals surface area (Å²) in [6.07, 6.45) is 1.65. The van der Waals surface area contributed by atoms with Gasteiger partial charge in [-0.3, -0.25) is 19.8 Å². The maximum Gasteiger partial charge on any atom is 0.283 e. The van der Waals surface area contributed by atoms with Crippen molar-refractivity contribution >= 4 is 57.7 Å². The summed E-state index contributed by atoms with van der Waals surface area (Å²) >= 11 is 2.31. The molecule has 1 aromatic heterocycles. The van der Waals surface area contributed by atoms with Crippen LogP contribution in [0.5, 0.6) is 0 Å². The first-order chi connectivity index (χ1) is 20.9. The average molecular weight is 606 g/mol. The van der Waals surface area contributed by atoms with Gasteiger partial charge in [0, 0.05) is 6.07 Å². The SMILES string of the molecule is Cc1ccc(N=C2S/C(=C\c3ccc(Sc4nnnn4-c4ccccc4)c([N+](=O)[O-])c3)C(=O)N2c2ccc(C)cc2)cc1. The van der Waals surface area contributed by atoms with Crippen LogP contribution in [0.1, 0.15) is 16.7 Å². The van der Waals surface area contributed by atoms with Gasteiger partial charge in [0.05, 0.1) is 31.8 Å². The van der Waals surface area contributed by atoms with Gasteiger partial charge in [-0.1, -0.05) is 59.7 Å². The van der Waals surface area contributed by atoms with E-state index < -0.39 is 4.92 Å². The number of amides is 1. The predicted octanol–water partition coefficient (Wildman–Crippen LogP) is 7.15. The fourth-order valence-corrected chi connectivity index (χ4v) is 6.15. The van der Waals surface area contributed by atoms with E-state index in [4.69, 9.17) is 4.99 Å². The molecule has 0 aliphatic carbocycles. The lowest BCUT2D eigenvalue weighted by Gasteiger charge is -2.16. The van der Waals surface area contributed by atoms with Crippen molar-refractivity contribution in [1.82, 2.24) is 20.2 Å². The summed E-state index contributed by atoms with van der Waals surface area (Å²) in [5.41, 5.74) is 4.70. The van der Waals surface area contributed by atoms with Crippen molar-refractivity contribution in [3.05, 3.63) is 129 Å². The van der Waals surface area contributed by atoms with Crippen molar-refractivity contribution in [2.24, 2.45) is 4.99 Å². The van der Waals surface area contributed by atoms with Crippen LogP contribution in [0.3, 0.4) is 0 Å². The van der Waals surface area contributed by atoms with Gasteiger partial charge >= 0.3 is 0 Å². The molecule has 1 amide bonds. The zero-order chi connectivity index (χ0) is 29.9. The lowest BCUT2D eigenvalue weighted by Crippen LogP contribution is -2.28. The summed E-state index contributed by atoms with van der Waals surface area (Å²) in [5.74, 6) is -0.261. The number of hydrogen-bond donors (Lipinski definition) is 0. The number of carbonyl (C=O) groups excluding carboxylic acids is 1. The molecule has 4 aromatic carbocycles. The number of carbonyl (C=O) groups is 1. The van der Waals surface area contributed by atoms with Gasteiger partial charge in [0.15, 0.2) is 5.17 Å². The number of benzene rings is 4.